The van der Waals surface area contributed by atoms with Crippen LogP contribution in [0.15, 0.2) is 41.1 Å². The Morgan fingerprint density at radius 3 is 2.62 bits per heavy atom. The Kier molecular flexibility index (Phi) is 4.71. The van der Waals surface area contributed by atoms with Crippen molar-refractivity contribution < 1.29 is 14.0 Å². The van der Waals surface area contributed by atoms with Crippen molar-refractivity contribution in [3.63, 3.8) is 0 Å². The summed E-state index contributed by atoms with van der Waals surface area (Å²) in [7, 11) is 1.71. The minimum Gasteiger partial charge on any atom is -0.435 e. The number of rotatable bonds is 5. The summed E-state index contributed by atoms with van der Waals surface area (Å²) in [4.78, 5) is 28.6. The van der Waals surface area contributed by atoms with Crippen LogP contribution in [0.5, 0.6) is 0 Å². The monoisotopic (exact) mass is 287 g/mol. The molecular formula is C15H17N3O3. The largest absolute Gasteiger partial charge is 0.435 e. The molecule has 0 unspecified atom stereocenters. The van der Waals surface area contributed by atoms with Crippen molar-refractivity contribution in [3.8, 4) is 0 Å². The molecule has 6 nitrogen and oxygen atoms in total. The minimum absolute atomic E-state index is 0.205. The topological polar surface area (TPSA) is 75.4 Å². The lowest BCUT2D eigenvalue weighted by Gasteiger charge is -2.15. The SMILES string of the molecule is CC(=O)Nc1ccc(C(=O)N(C)CCc2ccncc2)o1. The van der Waals surface area contributed by atoms with E-state index in [-0.39, 0.29) is 23.5 Å². The Balaban J connectivity index is 1.92. The second-order valence-corrected chi connectivity index (χ2v) is 4.68. The molecule has 2 aromatic rings. The van der Waals surface area contributed by atoms with Crippen molar-refractivity contribution in [2.24, 2.45) is 0 Å². The first-order valence-electron chi connectivity index (χ1n) is 6.58. The summed E-state index contributed by atoms with van der Waals surface area (Å²) in [5, 5.41) is 2.49. The summed E-state index contributed by atoms with van der Waals surface area (Å²) in [6, 6.07) is 6.95. The molecule has 0 radical (unpaired) electrons. The number of amides is 2. The lowest BCUT2D eigenvalue weighted by atomic mass is 10.2. The number of nitrogens with zero attached hydrogens (tertiary/aromatic N) is 2. The molecule has 2 aromatic heterocycles. The predicted octanol–water partition coefficient (Wildman–Crippen LogP) is 1.95. The van der Waals surface area contributed by atoms with Crippen LogP contribution in [0.3, 0.4) is 0 Å². The molecule has 0 aromatic carbocycles. The van der Waals surface area contributed by atoms with Crippen molar-refractivity contribution in [3.05, 3.63) is 48.0 Å². The Morgan fingerprint density at radius 2 is 1.95 bits per heavy atom. The standard InChI is InChI=1S/C15H17N3O3/c1-11(19)17-14-4-3-13(21-14)15(20)18(2)10-7-12-5-8-16-9-6-12/h3-6,8-9H,7,10H2,1-2H3,(H,17,19). The Labute approximate surface area is 122 Å². The van der Waals surface area contributed by atoms with E-state index in [0.717, 1.165) is 12.0 Å². The number of hydrogen-bond acceptors (Lipinski definition) is 4. The quantitative estimate of drug-likeness (QED) is 0.912. The molecule has 21 heavy (non-hydrogen) atoms. The lowest BCUT2D eigenvalue weighted by molar-refractivity contribution is -0.114. The van der Waals surface area contributed by atoms with E-state index in [4.69, 9.17) is 4.42 Å². The molecule has 2 amide bonds. The van der Waals surface area contributed by atoms with Crippen molar-refractivity contribution >= 4 is 17.7 Å². The van der Waals surface area contributed by atoms with Gasteiger partial charge in [-0.25, -0.2) is 0 Å². The molecule has 0 fully saturated rings. The molecule has 0 bridgehead atoms. The smallest absolute Gasteiger partial charge is 0.289 e. The van der Waals surface area contributed by atoms with Crippen LogP contribution in [0.4, 0.5) is 5.88 Å². The molecule has 0 spiro atoms. The van der Waals surface area contributed by atoms with Crippen LogP contribution in [0.1, 0.15) is 23.0 Å². The number of aromatic nitrogens is 1. The number of nitrogens with one attached hydrogen (secondary N) is 1. The first-order chi connectivity index (χ1) is 10.1. The number of furan rings is 1. The fourth-order valence-corrected chi connectivity index (χ4v) is 1.83. The van der Waals surface area contributed by atoms with E-state index >= 15 is 0 Å². The van der Waals surface area contributed by atoms with E-state index in [2.05, 4.69) is 10.3 Å². The van der Waals surface area contributed by atoms with E-state index in [9.17, 15) is 9.59 Å². The molecule has 0 saturated carbocycles. The van der Waals surface area contributed by atoms with Crippen molar-refractivity contribution in [1.82, 2.24) is 9.88 Å². The number of pyridine rings is 1. The maximum absolute atomic E-state index is 12.2. The molecule has 2 heterocycles. The Morgan fingerprint density at radius 1 is 1.24 bits per heavy atom. The van der Waals surface area contributed by atoms with E-state index in [1.807, 2.05) is 12.1 Å². The van der Waals surface area contributed by atoms with E-state index in [1.165, 1.54) is 6.92 Å². The van der Waals surface area contributed by atoms with Gasteiger partial charge in [0.25, 0.3) is 5.91 Å². The van der Waals surface area contributed by atoms with Gasteiger partial charge in [-0.2, -0.15) is 0 Å². The minimum atomic E-state index is -0.241. The van der Waals surface area contributed by atoms with Gasteiger partial charge < -0.3 is 9.32 Å². The third-order valence-corrected chi connectivity index (χ3v) is 2.95. The molecule has 2 rings (SSSR count). The second-order valence-electron chi connectivity index (χ2n) is 4.68. The molecule has 0 aliphatic rings. The first-order valence-corrected chi connectivity index (χ1v) is 6.58. The molecule has 110 valence electrons. The number of likely N-dealkylation sites (N-methyl/N-ethyl adjacent to an activating group) is 1. The summed E-state index contributed by atoms with van der Waals surface area (Å²) >= 11 is 0. The second kappa shape index (κ2) is 6.69. The number of anilines is 1. The van der Waals surface area contributed by atoms with Crippen LogP contribution in [-0.4, -0.2) is 35.3 Å². The summed E-state index contributed by atoms with van der Waals surface area (Å²) < 4.78 is 5.30. The van der Waals surface area contributed by atoms with Crippen LogP contribution in [0, 0.1) is 0 Å². The lowest BCUT2D eigenvalue weighted by Crippen LogP contribution is -2.28. The van der Waals surface area contributed by atoms with Crippen LogP contribution < -0.4 is 5.32 Å². The normalized spacial score (nSPS) is 10.2. The number of carbonyl (C=O) groups excluding carboxylic acids is 2. The van der Waals surface area contributed by atoms with Gasteiger partial charge in [-0.1, -0.05) is 0 Å². The van der Waals surface area contributed by atoms with Gasteiger partial charge in [-0.15, -0.1) is 0 Å². The highest BCUT2D eigenvalue weighted by molar-refractivity contribution is 5.93. The highest BCUT2D eigenvalue weighted by Gasteiger charge is 2.16. The van der Waals surface area contributed by atoms with Gasteiger partial charge >= 0.3 is 0 Å². The zero-order chi connectivity index (χ0) is 15.2. The zero-order valence-corrected chi connectivity index (χ0v) is 12.0. The molecular weight excluding hydrogens is 270 g/mol. The van der Waals surface area contributed by atoms with Gasteiger partial charge in [0.1, 0.15) is 0 Å². The van der Waals surface area contributed by atoms with Gasteiger partial charge in [0.05, 0.1) is 0 Å². The number of hydrogen-bond donors (Lipinski definition) is 1. The highest BCUT2D eigenvalue weighted by atomic mass is 16.4. The fourth-order valence-electron chi connectivity index (χ4n) is 1.83. The molecule has 1 N–H and O–H groups in total. The zero-order valence-electron chi connectivity index (χ0n) is 12.0. The maximum Gasteiger partial charge on any atom is 0.289 e. The maximum atomic E-state index is 12.2. The highest BCUT2D eigenvalue weighted by Crippen LogP contribution is 2.15. The average Bonchev–Trinajstić information content (AvgIpc) is 2.92. The third-order valence-electron chi connectivity index (χ3n) is 2.95. The van der Waals surface area contributed by atoms with Gasteiger partial charge in [0, 0.05) is 39.0 Å². The van der Waals surface area contributed by atoms with Crippen LogP contribution in [0.2, 0.25) is 0 Å². The van der Waals surface area contributed by atoms with Crippen LogP contribution in [0.25, 0.3) is 0 Å². The van der Waals surface area contributed by atoms with Gasteiger partial charge in [-0.3, -0.25) is 19.9 Å². The molecule has 0 saturated heterocycles. The van der Waals surface area contributed by atoms with E-state index in [1.54, 1.807) is 36.5 Å². The molecule has 0 aliphatic heterocycles. The van der Waals surface area contributed by atoms with Crippen LogP contribution in [-0.2, 0) is 11.2 Å². The van der Waals surface area contributed by atoms with Crippen LogP contribution >= 0.6 is 0 Å². The third kappa shape index (κ3) is 4.17. The summed E-state index contributed by atoms with van der Waals surface area (Å²) in [5.74, 6) is 0.0133. The first kappa shape index (κ1) is 14.8. The summed E-state index contributed by atoms with van der Waals surface area (Å²) in [5.41, 5.74) is 1.11. The van der Waals surface area contributed by atoms with Crippen molar-refractivity contribution in [2.75, 3.05) is 18.9 Å². The summed E-state index contributed by atoms with van der Waals surface area (Å²) in [6.45, 7) is 1.95. The van der Waals surface area contributed by atoms with E-state index in [0.29, 0.717) is 6.54 Å². The van der Waals surface area contributed by atoms with Crippen molar-refractivity contribution in [1.29, 1.82) is 0 Å². The van der Waals surface area contributed by atoms with E-state index < -0.39 is 0 Å². The molecule has 0 aliphatic carbocycles. The summed E-state index contributed by atoms with van der Waals surface area (Å²) in [6.07, 6.45) is 4.19. The predicted molar refractivity (Wildman–Crippen MR) is 77.9 cm³/mol. The fraction of sp³-hybridized carbons (Fsp3) is 0.267. The Hall–Kier alpha value is -2.63. The average molecular weight is 287 g/mol. The molecule has 0 atom stereocenters. The molecule has 6 heteroatoms. The van der Waals surface area contributed by atoms with Gasteiger partial charge in [-0.05, 0) is 30.2 Å². The van der Waals surface area contributed by atoms with Crippen molar-refractivity contribution in [2.45, 2.75) is 13.3 Å². The number of carbonyl (C=O) groups is 2. The van der Waals surface area contributed by atoms with Gasteiger partial charge in [0.15, 0.2) is 11.6 Å². The van der Waals surface area contributed by atoms with Gasteiger partial charge in [0.2, 0.25) is 5.91 Å². The Bertz CT molecular complexity index is 622.